The number of ether oxygens (including phenoxy) is 1. The third-order valence-corrected chi connectivity index (χ3v) is 3.19. The van der Waals surface area contributed by atoms with Crippen LogP contribution in [0.5, 0.6) is 0 Å². The molecule has 1 atom stereocenters. The molecule has 1 aliphatic rings. The van der Waals surface area contributed by atoms with Gasteiger partial charge in [-0.2, -0.15) is 0 Å². The smallest absolute Gasteiger partial charge is 0.0832 e. The lowest BCUT2D eigenvalue weighted by atomic mass is 9.97. The van der Waals surface area contributed by atoms with Gasteiger partial charge in [-0.15, -0.1) is 0 Å². The zero-order valence-electron chi connectivity index (χ0n) is 11.7. The van der Waals surface area contributed by atoms with Crippen LogP contribution in [-0.4, -0.2) is 36.7 Å². The fourth-order valence-corrected chi connectivity index (χ4v) is 2.29. The lowest BCUT2D eigenvalue weighted by Gasteiger charge is -2.41. The van der Waals surface area contributed by atoms with E-state index in [1.54, 1.807) is 0 Å². The molecule has 0 bridgehead atoms. The molecular formula is C14H29NO. The van der Waals surface area contributed by atoms with E-state index in [9.17, 15) is 0 Å². The van der Waals surface area contributed by atoms with Gasteiger partial charge in [0.25, 0.3) is 0 Å². The Labute approximate surface area is 101 Å². The summed E-state index contributed by atoms with van der Waals surface area (Å²) in [5, 5.41) is 0. The maximum Gasteiger partial charge on any atom is 0.0832 e. The summed E-state index contributed by atoms with van der Waals surface area (Å²) >= 11 is 0. The number of rotatable bonds is 7. The number of nitrogens with zero attached hydrogens (tertiary/aromatic N) is 1. The van der Waals surface area contributed by atoms with Gasteiger partial charge in [0.15, 0.2) is 0 Å². The Balaban J connectivity index is 2.03. The highest BCUT2D eigenvalue weighted by molar-refractivity contribution is 4.82. The van der Waals surface area contributed by atoms with Gasteiger partial charge < -0.3 is 4.74 Å². The summed E-state index contributed by atoms with van der Waals surface area (Å²) in [6, 6.07) is 0. The average molecular weight is 227 g/mol. The Bertz CT molecular complexity index is 185. The van der Waals surface area contributed by atoms with Crippen LogP contribution in [0.15, 0.2) is 0 Å². The average Bonchev–Trinajstić information content (AvgIpc) is 2.10. The van der Waals surface area contributed by atoms with E-state index in [0.717, 1.165) is 24.9 Å². The summed E-state index contributed by atoms with van der Waals surface area (Å²) < 4.78 is 5.75. The van der Waals surface area contributed by atoms with E-state index in [2.05, 4.69) is 39.5 Å². The molecule has 0 saturated carbocycles. The van der Waals surface area contributed by atoms with Crippen molar-refractivity contribution in [2.75, 3.05) is 19.6 Å². The standard InChI is InChI=1S/C14H29NO/c1-11(2)6-7-13(5)8-15-9-14(10-15)16-12(3)4/h11-14H,6-10H2,1-5H3/t13-/m0/s1. The first kappa shape index (κ1) is 14.0. The minimum atomic E-state index is 0.380. The fraction of sp³-hybridized carbons (Fsp3) is 1.00. The largest absolute Gasteiger partial charge is 0.373 e. The van der Waals surface area contributed by atoms with Gasteiger partial charge in [0.2, 0.25) is 0 Å². The van der Waals surface area contributed by atoms with Crippen molar-refractivity contribution in [1.82, 2.24) is 4.90 Å². The Morgan fingerprint density at radius 2 is 1.69 bits per heavy atom. The van der Waals surface area contributed by atoms with Gasteiger partial charge >= 0.3 is 0 Å². The maximum atomic E-state index is 5.75. The van der Waals surface area contributed by atoms with Gasteiger partial charge in [-0.1, -0.05) is 27.2 Å². The van der Waals surface area contributed by atoms with Crippen molar-refractivity contribution in [2.45, 2.75) is 59.7 Å². The fourth-order valence-electron chi connectivity index (χ4n) is 2.29. The molecule has 96 valence electrons. The molecule has 0 aromatic rings. The molecule has 1 fully saturated rings. The Morgan fingerprint density at radius 1 is 1.06 bits per heavy atom. The minimum absolute atomic E-state index is 0.380. The van der Waals surface area contributed by atoms with Crippen molar-refractivity contribution < 1.29 is 4.74 Å². The Hall–Kier alpha value is -0.0800. The van der Waals surface area contributed by atoms with Crippen LogP contribution in [0.25, 0.3) is 0 Å². The van der Waals surface area contributed by atoms with Crippen LogP contribution in [-0.2, 0) is 4.74 Å². The van der Waals surface area contributed by atoms with E-state index in [0.29, 0.717) is 12.2 Å². The van der Waals surface area contributed by atoms with Crippen molar-refractivity contribution in [3.8, 4) is 0 Å². The lowest BCUT2D eigenvalue weighted by molar-refractivity contribution is -0.0840. The predicted octanol–water partition coefficient (Wildman–Crippen LogP) is 3.17. The molecule has 1 saturated heterocycles. The van der Waals surface area contributed by atoms with Crippen LogP contribution in [0.2, 0.25) is 0 Å². The third-order valence-electron chi connectivity index (χ3n) is 3.19. The molecule has 2 nitrogen and oxygen atoms in total. The van der Waals surface area contributed by atoms with Gasteiger partial charge in [0, 0.05) is 19.6 Å². The van der Waals surface area contributed by atoms with E-state index in [4.69, 9.17) is 4.74 Å². The molecule has 0 radical (unpaired) electrons. The summed E-state index contributed by atoms with van der Waals surface area (Å²) in [6.07, 6.45) is 3.60. The summed E-state index contributed by atoms with van der Waals surface area (Å²) in [4.78, 5) is 2.53. The van der Waals surface area contributed by atoms with Crippen molar-refractivity contribution in [2.24, 2.45) is 11.8 Å². The highest BCUT2D eigenvalue weighted by Crippen LogP contribution is 2.18. The first-order valence-corrected chi connectivity index (χ1v) is 6.85. The van der Waals surface area contributed by atoms with E-state index in [-0.39, 0.29) is 0 Å². The van der Waals surface area contributed by atoms with Crippen molar-refractivity contribution in [3.63, 3.8) is 0 Å². The van der Waals surface area contributed by atoms with Crippen molar-refractivity contribution >= 4 is 0 Å². The minimum Gasteiger partial charge on any atom is -0.373 e. The van der Waals surface area contributed by atoms with Crippen LogP contribution in [0.3, 0.4) is 0 Å². The molecule has 1 heterocycles. The quantitative estimate of drug-likeness (QED) is 0.662. The Morgan fingerprint density at radius 3 is 2.19 bits per heavy atom. The SMILES string of the molecule is CC(C)CC[C@H](C)CN1CC(OC(C)C)C1. The van der Waals surface area contributed by atoms with Gasteiger partial charge in [0.05, 0.1) is 12.2 Å². The van der Waals surface area contributed by atoms with Crippen LogP contribution in [0, 0.1) is 11.8 Å². The normalized spacial score (nSPS) is 20.4. The monoisotopic (exact) mass is 227 g/mol. The molecule has 0 spiro atoms. The number of hydrogen-bond acceptors (Lipinski definition) is 2. The van der Waals surface area contributed by atoms with Gasteiger partial charge in [0.1, 0.15) is 0 Å². The van der Waals surface area contributed by atoms with Gasteiger partial charge in [-0.25, -0.2) is 0 Å². The molecule has 0 unspecified atom stereocenters. The first-order valence-electron chi connectivity index (χ1n) is 6.85. The lowest BCUT2D eigenvalue weighted by Crippen LogP contribution is -2.54. The zero-order chi connectivity index (χ0) is 12.1. The molecule has 0 amide bonds. The second-order valence-electron chi connectivity index (χ2n) is 6.10. The zero-order valence-corrected chi connectivity index (χ0v) is 11.7. The molecule has 1 aliphatic heterocycles. The first-order chi connectivity index (χ1) is 7.47. The molecular weight excluding hydrogens is 198 g/mol. The number of hydrogen-bond donors (Lipinski definition) is 0. The van der Waals surface area contributed by atoms with Gasteiger partial charge in [-0.05, 0) is 32.1 Å². The van der Waals surface area contributed by atoms with Gasteiger partial charge in [-0.3, -0.25) is 4.90 Å². The van der Waals surface area contributed by atoms with E-state index < -0.39 is 0 Å². The topological polar surface area (TPSA) is 12.5 Å². The summed E-state index contributed by atoms with van der Waals surface area (Å²) in [5.74, 6) is 1.68. The summed E-state index contributed by atoms with van der Waals surface area (Å²) in [6.45, 7) is 14.8. The van der Waals surface area contributed by atoms with E-state index >= 15 is 0 Å². The number of likely N-dealkylation sites (tertiary alicyclic amines) is 1. The second kappa shape index (κ2) is 6.61. The second-order valence-corrected chi connectivity index (χ2v) is 6.10. The molecule has 0 aromatic heterocycles. The Kier molecular flexibility index (Phi) is 5.77. The highest BCUT2D eigenvalue weighted by Gasteiger charge is 2.28. The van der Waals surface area contributed by atoms with E-state index in [1.807, 2.05) is 0 Å². The van der Waals surface area contributed by atoms with E-state index in [1.165, 1.54) is 19.4 Å². The molecule has 0 aliphatic carbocycles. The predicted molar refractivity (Wildman–Crippen MR) is 69.7 cm³/mol. The van der Waals surface area contributed by atoms with Crippen molar-refractivity contribution in [1.29, 1.82) is 0 Å². The molecule has 2 heteroatoms. The van der Waals surface area contributed by atoms with Crippen LogP contribution >= 0.6 is 0 Å². The van der Waals surface area contributed by atoms with Crippen molar-refractivity contribution in [3.05, 3.63) is 0 Å². The highest BCUT2D eigenvalue weighted by atomic mass is 16.5. The molecule has 16 heavy (non-hydrogen) atoms. The molecule has 1 rings (SSSR count). The maximum absolute atomic E-state index is 5.75. The molecule has 0 N–H and O–H groups in total. The van der Waals surface area contributed by atoms with Crippen LogP contribution in [0.4, 0.5) is 0 Å². The summed E-state index contributed by atoms with van der Waals surface area (Å²) in [7, 11) is 0. The third kappa shape index (κ3) is 5.31. The molecule has 0 aromatic carbocycles. The van der Waals surface area contributed by atoms with Crippen LogP contribution < -0.4 is 0 Å². The van der Waals surface area contributed by atoms with Crippen LogP contribution in [0.1, 0.15) is 47.5 Å². The summed E-state index contributed by atoms with van der Waals surface area (Å²) in [5.41, 5.74) is 0.